The highest BCUT2D eigenvalue weighted by Gasteiger charge is 2.36. The number of carbonyl (C=O) groups excluding carboxylic acids is 4. The Morgan fingerprint density at radius 2 is 1.96 bits per heavy atom. The average molecular weight is 370 g/mol. The fraction of sp³-hybridized carbons (Fsp3) is 0.143. The Morgan fingerprint density at radius 3 is 2.58 bits per heavy atom. The quantitative estimate of drug-likeness (QED) is 0.710. The SMILES string of the molecule is NC(=O)COc1ccc(Cl)cc1/C=C1\SC(=O)N(CC(N)=O)C1=O. The van der Waals surface area contributed by atoms with E-state index in [9.17, 15) is 19.2 Å². The van der Waals surface area contributed by atoms with Gasteiger partial charge in [-0.15, -0.1) is 0 Å². The minimum Gasteiger partial charge on any atom is -0.483 e. The van der Waals surface area contributed by atoms with Gasteiger partial charge in [0.25, 0.3) is 17.1 Å². The molecule has 0 aromatic heterocycles. The second-order valence-corrected chi connectivity index (χ2v) is 6.10. The molecule has 0 aliphatic carbocycles. The molecular weight excluding hydrogens is 358 g/mol. The Kier molecular flexibility index (Phi) is 5.47. The van der Waals surface area contributed by atoms with Crippen LogP contribution in [0.25, 0.3) is 6.08 Å². The Hall–Kier alpha value is -2.52. The van der Waals surface area contributed by atoms with Gasteiger partial charge in [0.2, 0.25) is 5.91 Å². The lowest BCUT2D eigenvalue weighted by Crippen LogP contribution is -2.36. The number of halogens is 1. The van der Waals surface area contributed by atoms with Crippen LogP contribution in [0, 0.1) is 0 Å². The van der Waals surface area contributed by atoms with E-state index in [0.717, 1.165) is 4.90 Å². The minimum absolute atomic E-state index is 0.0763. The smallest absolute Gasteiger partial charge is 0.294 e. The van der Waals surface area contributed by atoms with Crippen LogP contribution >= 0.6 is 23.4 Å². The van der Waals surface area contributed by atoms with Crippen molar-refractivity contribution in [3.05, 3.63) is 33.7 Å². The van der Waals surface area contributed by atoms with Gasteiger partial charge in [-0.1, -0.05) is 11.6 Å². The van der Waals surface area contributed by atoms with Crippen LogP contribution in [-0.2, 0) is 14.4 Å². The summed E-state index contributed by atoms with van der Waals surface area (Å²) in [6.45, 7) is -0.853. The molecule has 0 saturated carbocycles. The van der Waals surface area contributed by atoms with Crippen LogP contribution in [0.15, 0.2) is 23.1 Å². The molecule has 1 aliphatic rings. The number of rotatable bonds is 6. The van der Waals surface area contributed by atoms with Crippen LogP contribution in [0.1, 0.15) is 5.56 Å². The number of ether oxygens (including phenoxy) is 1. The zero-order valence-corrected chi connectivity index (χ0v) is 13.7. The number of carbonyl (C=O) groups is 4. The Balaban J connectivity index is 2.32. The predicted molar refractivity (Wildman–Crippen MR) is 88.0 cm³/mol. The molecule has 2 rings (SSSR count). The summed E-state index contributed by atoms with van der Waals surface area (Å²) in [6, 6.07) is 4.54. The summed E-state index contributed by atoms with van der Waals surface area (Å²) in [5.74, 6) is -1.85. The molecule has 1 saturated heterocycles. The Morgan fingerprint density at radius 1 is 1.25 bits per heavy atom. The first-order valence-corrected chi connectivity index (χ1v) is 7.71. The maximum Gasteiger partial charge on any atom is 0.294 e. The highest BCUT2D eigenvalue weighted by atomic mass is 35.5. The monoisotopic (exact) mass is 369 g/mol. The first-order valence-electron chi connectivity index (χ1n) is 6.52. The molecule has 0 atom stereocenters. The Bertz CT molecular complexity index is 765. The van der Waals surface area contributed by atoms with E-state index >= 15 is 0 Å². The maximum atomic E-state index is 12.2. The lowest BCUT2D eigenvalue weighted by Gasteiger charge is -2.09. The highest BCUT2D eigenvalue weighted by molar-refractivity contribution is 8.18. The molecule has 10 heteroatoms. The van der Waals surface area contributed by atoms with Crippen molar-refractivity contribution in [2.75, 3.05) is 13.2 Å². The van der Waals surface area contributed by atoms with Crippen LogP contribution < -0.4 is 16.2 Å². The van der Waals surface area contributed by atoms with Gasteiger partial charge in [-0.3, -0.25) is 24.1 Å². The third-order valence-corrected chi connectivity index (χ3v) is 3.96. The van der Waals surface area contributed by atoms with Crippen LogP contribution in [0.2, 0.25) is 5.02 Å². The fourth-order valence-corrected chi connectivity index (χ4v) is 2.86. The fourth-order valence-electron chi connectivity index (χ4n) is 1.85. The van der Waals surface area contributed by atoms with Crippen LogP contribution in [0.5, 0.6) is 5.75 Å². The molecule has 0 unspecified atom stereocenters. The largest absolute Gasteiger partial charge is 0.483 e. The van der Waals surface area contributed by atoms with Crippen LogP contribution in [0.3, 0.4) is 0 Å². The lowest BCUT2D eigenvalue weighted by molar-refractivity contribution is -0.127. The van der Waals surface area contributed by atoms with E-state index in [0.29, 0.717) is 22.3 Å². The third kappa shape index (κ3) is 4.27. The molecule has 4 amide bonds. The van der Waals surface area contributed by atoms with Crippen molar-refractivity contribution < 1.29 is 23.9 Å². The predicted octanol–water partition coefficient (Wildman–Crippen LogP) is 0.726. The number of thioether (sulfide) groups is 1. The molecular formula is C14H12ClN3O5S. The summed E-state index contributed by atoms with van der Waals surface area (Å²) < 4.78 is 5.25. The van der Waals surface area contributed by atoms with E-state index in [2.05, 4.69) is 0 Å². The number of nitrogens with zero attached hydrogens (tertiary/aromatic N) is 1. The molecule has 0 radical (unpaired) electrons. The van der Waals surface area contributed by atoms with Crippen LogP contribution in [0.4, 0.5) is 4.79 Å². The standard InChI is InChI=1S/C14H12ClN3O5S/c15-8-1-2-9(23-6-12(17)20)7(3-8)4-10-13(21)18(5-11(16)19)14(22)24-10/h1-4H,5-6H2,(H2,16,19)(H2,17,20)/b10-4-. The van der Waals surface area contributed by atoms with E-state index < -0.39 is 29.5 Å². The van der Waals surface area contributed by atoms with E-state index in [1.54, 1.807) is 0 Å². The number of hydrogen-bond donors (Lipinski definition) is 2. The van der Waals surface area contributed by atoms with Gasteiger partial charge < -0.3 is 16.2 Å². The van der Waals surface area contributed by atoms with Gasteiger partial charge in [0.15, 0.2) is 6.61 Å². The van der Waals surface area contributed by atoms with Gasteiger partial charge in [0, 0.05) is 10.6 Å². The topological polar surface area (TPSA) is 133 Å². The van der Waals surface area contributed by atoms with Crippen molar-refractivity contribution in [3.63, 3.8) is 0 Å². The third-order valence-electron chi connectivity index (χ3n) is 2.82. The van der Waals surface area contributed by atoms with Gasteiger partial charge in [-0.25, -0.2) is 0 Å². The number of primary amides is 2. The number of amides is 4. The minimum atomic E-state index is -0.799. The van der Waals surface area contributed by atoms with E-state index in [4.69, 9.17) is 27.8 Å². The van der Waals surface area contributed by atoms with E-state index in [-0.39, 0.29) is 17.3 Å². The molecule has 1 heterocycles. The summed E-state index contributed by atoms with van der Waals surface area (Å²) in [4.78, 5) is 46.6. The van der Waals surface area contributed by atoms with Crippen molar-refractivity contribution in [3.8, 4) is 5.75 Å². The molecule has 1 fully saturated rings. The molecule has 1 aromatic rings. The molecule has 24 heavy (non-hydrogen) atoms. The Labute approximate surface area is 145 Å². The number of nitrogens with two attached hydrogens (primary N) is 2. The number of imide groups is 1. The summed E-state index contributed by atoms with van der Waals surface area (Å²) in [5, 5.41) is -0.240. The molecule has 1 aliphatic heterocycles. The normalized spacial score (nSPS) is 15.9. The van der Waals surface area contributed by atoms with Gasteiger partial charge in [-0.05, 0) is 36.0 Å². The summed E-state index contributed by atoms with van der Waals surface area (Å²) in [6.07, 6.45) is 1.38. The van der Waals surface area contributed by atoms with Crippen molar-refractivity contribution in [2.45, 2.75) is 0 Å². The molecule has 1 aromatic carbocycles. The van der Waals surface area contributed by atoms with Gasteiger partial charge >= 0.3 is 0 Å². The van der Waals surface area contributed by atoms with E-state index in [1.165, 1.54) is 24.3 Å². The molecule has 0 bridgehead atoms. The molecule has 8 nitrogen and oxygen atoms in total. The number of benzene rings is 1. The lowest BCUT2D eigenvalue weighted by atomic mass is 10.2. The number of hydrogen-bond acceptors (Lipinski definition) is 6. The molecule has 4 N–H and O–H groups in total. The zero-order valence-electron chi connectivity index (χ0n) is 12.2. The van der Waals surface area contributed by atoms with Gasteiger partial charge in [-0.2, -0.15) is 0 Å². The summed E-state index contributed by atoms with van der Waals surface area (Å²) in [5.41, 5.74) is 10.4. The summed E-state index contributed by atoms with van der Waals surface area (Å²) >= 11 is 6.58. The average Bonchev–Trinajstić information content (AvgIpc) is 2.73. The maximum absolute atomic E-state index is 12.2. The van der Waals surface area contributed by atoms with Crippen molar-refractivity contribution in [2.24, 2.45) is 11.5 Å². The highest BCUT2D eigenvalue weighted by Crippen LogP contribution is 2.34. The van der Waals surface area contributed by atoms with Crippen LogP contribution in [-0.4, -0.2) is 41.0 Å². The molecule has 126 valence electrons. The van der Waals surface area contributed by atoms with Crippen molar-refractivity contribution in [1.82, 2.24) is 4.90 Å². The zero-order chi connectivity index (χ0) is 17.9. The van der Waals surface area contributed by atoms with Crippen molar-refractivity contribution in [1.29, 1.82) is 0 Å². The molecule has 0 spiro atoms. The first-order chi connectivity index (χ1) is 11.3. The second kappa shape index (κ2) is 7.37. The van der Waals surface area contributed by atoms with Gasteiger partial charge in [0.1, 0.15) is 12.3 Å². The summed E-state index contributed by atoms with van der Waals surface area (Å²) in [7, 11) is 0. The van der Waals surface area contributed by atoms with Crippen molar-refractivity contribution >= 4 is 52.4 Å². The first kappa shape index (κ1) is 17.8. The van der Waals surface area contributed by atoms with Gasteiger partial charge in [0.05, 0.1) is 4.91 Å². The van der Waals surface area contributed by atoms with E-state index in [1.807, 2.05) is 0 Å². The second-order valence-electron chi connectivity index (χ2n) is 4.67.